The molecule has 3 rings (SSSR count). The van der Waals surface area contributed by atoms with Crippen LogP contribution in [0.3, 0.4) is 0 Å². The van der Waals surface area contributed by atoms with Gasteiger partial charge in [0.25, 0.3) is 0 Å². The average molecular weight is 332 g/mol. The summed E-state index contributed by atoms with van der Waals surface area (Å²) in [5, 5.41) is 14.2. The van der Waals surface area contributed by atoms with E-state index in [2.05, 4.69) is 15.3 Å². The number of hydrogen-bond donors (Lipinski definition) is 2. The molecule has 1 aromatic carbocycles. The van der Waals surface area contributed by atoms with E-state index in [9.17, 15) is 14.9 Å². The quantitative estimate of drug-likeness (QED) is 0.551. The number of nitrogens with zero attached hydrogens (tertiary/aromatic N) is 2. The summed E-state index contributed by atoms with van der Waals surface area (Å²) in [6.07, 6.45) is 3.01. The molecule has 0 spiro atoms. The predicted molar refractivity (Wildman–Crippen MR) is 86.0 cm³/mol. The minimum atomic E-state index is -0.542. The van der Waals surface area contributed by atoms with Crippen LogP contribution in [0.25, 0.3) is 10.9 Å². The Balaban J connectivity index is 1.75. The summed E-state index contributed by atoms with van der Waals surface area (Å²) in [7, 11) is 1.58. The van der Waals surface area contributed by atoms with E-state index >= 15 is 0 Å². The largest absolute Gasteiger partial charge is 0.497 e. The molecule has 118 valence electrons. The molecule has 2 N–H and O–H groups in total. The number of rotatable bonds is 5. The fraction of sp³-hybridized carbons (Fsp3) is 0.143. The molecule has 23 heavy (non-hydrogen) atoms. The topological polar surface area (TPSA) is 110 Å². The number of aromatic nitrogens is 2. The Hall–Kier alpha value is -2.94. The Bertz CT molecular complexity index is 886. The van der Waals surface area contributed by atoms with Crippen LogP contribution in [0.15, 0.2) is 30.6 Å². The molecule has 0 aliphatic rings. The van der Waals surface area contributed by atoms with Crippen LogP contribution in [0.1, 0.15) is 5.56 Å². The van der Waals surface area contributed by atoms with Gasteiger partial charge in [0.05, 0.1) is 18.5 Å². The number of nitrogens with one attached hydrogen (secondary N) is 2. The van der Waals surface area contributed by atoms with Gasteiger partial charge in [0.2, 0.25) is 5.91 Å². The smallest absolute Gasteiger partial charge is 0.345 e. The van der Waals surface area contributed by atoms with Gasteiger partial charge in [-0.25, -0.2) is 4.98 Å². The van der Waals surface area contributed by atoms with Gasteiger partial charge < -0.3 is 15.0 Å². The Morgan fingerprint density at radius 3 is 3.04 bits per heavy atom. The number of fused-ring (bicyclic) bond motifs is 1. The van der Waals surface area contributed by atoms with Crippen LogP contribution in [-0.4, -0.2) is 27.9 Å². The van der Waals surface area contributed by atoms with Crippen molar-refractivity contribution < 1.29 is 14.5 Å². The first-order valence-corrected chi connectivity index (χ1v) is 7.42. The predicted octanol–water partition coefficient (Wildman–Crippen LogP) is 2.72. The number of nitro groups is 1. The molecule has 2 aromatic heterocycles. The van der Waals surface area contributed by atoms with E-state index in [1.807, 2.05) is 18.2 Å². The van der Waals surface area contributed by atoms with Crippen LogP contribution in [0.4, 0.5) is 10.1 Å². The summed E-state index contributed by atoms with van der Waals surface area (Å²) in [5.41, 5.74) is 1.71. The van der Waals surface area contributed by atoms with E-state index < -0.39 is 4.92 Å². The van der Waals surface area contributed by atoms with Gasteiger partial charge in [-0.05, 0) is 35.1 Å². The van der Waals surface area contributed by atoms with Crippen molar-refractivity contribution in [1.29, 1.82) is 0 Å². The summed E-state index contributed by atoms with van der Waals surface area (Å²) in [6, 6.07) is 5.56. The normalized spacial score (nSPS) is 10.7. The maximum absolute atomic E-state index is 12.1. The molecule has 0 aliphatic heterocycles. The van der Waals surface area contributed by atoms with Crippen molar-refractivity contribution in [3.05, 3.63) is 46.3 Å². The van der Waals surface area contributed by atoms with Gasteiger partial charge in [-0.1, -0.05) is 0 Å². The van der Waals surface area contributed by atoms with E-state index in [-0.39, 0.29) is 22.5 Å². The second-order valence-electron chi connectivity index (χ2n) is 4.71. The third-order valence-electron chi connectivity index (χ3n) is 3.25. The molecule has 0 bridgehead atoms. The maximum atomic E-state index is 12.1. The molecule has 0 unspecified atom stereocenters. The minimum Gasteiger partial charge on any atom is -0.497 e. The van der Waals surface area contributed by atoms with Crippen LogP contribution >= 0.6 is 11.3 Å². The average Bonchev–Trinajstić information content (AvgIpc) is 3.14. The number of anilines is 1. The van der Waals surface area contributed by atoms with Crippen molar-refractivity contribution in [2.45, 2.75) is 6.42 Å². The molecule has 9 heteroatoms. The Labute approximate surface area is 134 Å². The molecular formula is C14H12N4O4S. The van der Waals surface area contributed by atoms with E-state index in [1.165, 1.54) is 0 Å². The number of carbonyl (C=O) groups excluding carboxylic acids is 1. The summed E-state index contributed by atoms with van der Waals surface area (Å²) in [4.78, 5) is 29.1. The monoisotopic (exact) mass is 332 g/mol. The molecule has 0 aliphatic carbocycles. The molecule has 0 saturated carbocycles. The second-order valence-corrected chi connectivity index (χ2v) is 5.72. The number of aromatic amines is 1. The number of thiazole rings is 1. The van der Waals surface area contributed by atoms with Gasteiger partial charge in [0, 0.05) is 17.1 Å². The third kappa shape index (κ3) is 3.14. The van der Waals surface area contributed by atoms with Crippen LogP contribution in [-0.2, 0) is 11.2 Å². The molecule has 8 nitrogen and oxygen atoms in total. The SMILES string of the molecule is COc1ccc2[nH]cc(CC(=O)Nc3ncc([N+](=O)[O-])s3)c2c1. The fourth-order valence-electron chi connectivity index (χ4n) is 2.17. The van der Waals surface area contributed by atoms with Crippen LogP contribution < -0.4 is 10.1 Å². The van der Waals surface area contributed by atoms with E-state index in [0.29, 0.717) is 5.75 Å². The molecule has 3 aromatic rings. The molecule has 0 fully saturated rings. The molecule has 0 radical (unpaired) electrons. The number of H-pyrrole nitrogens is 1. The molecule has 2 heterocycles. The number of amides is 1. The van der Waals surface area contributed by atoms with Crippen LogP contribution in [0, 0.1) is 10.1 Å². The van der Waals surface area contributed by atoms with E-state index in [1.54, 1.807) is 13.3 Å². The maximum Gasteiger partial charge on any atom is 0.345 e. The lowest BCUT2D eigenvalue weighted by Gasteiger charge is -2.02. The second kappa shape index (κ2) is 6.05. The minimum absolute atomic E-state index is 0.114. The summed E-state index contributed by atoms with van der Waals surface area (Å²) in [6.45, 7) is 0. The van der Waals surface area contributed by atoms with Crippen LogP contribution in [0.5, 0.6) is 5.75 Å². The first-order chi connectivity index (χ1) is 11.1. The van der Waals surface area contributed by atoms with Crippen LogP contribution in [0.2, 0.25) is 0 Å². The number of ether oxygens (including phenoxy) is 1. The number of methoxy groups -OCH3 is 1. The van der Waals surface area contributed by atoms with Crippen molar-refractivity contribution in [2.24, 2.45) is 0 Å². The zero-order valence-electron chi connectivity index (χ0n) is 12.0. The summed E-state index contributed by atoms with van der Waals surface area (Å²) in [5.74, 6) is 0.410. The first-order valence-electron chi connectivity index (χ1n) is 6.61. The zero-order valence-corrected chi connectivity index (χ0v) is 12.8. The highest BCUT2D eigenvalue weighted by Crippen LogP contribution is 2.26. The van der Waals surface area contributed by atoms with E-state index in [0.717, 1.165) is 34.0 Å². The van der Waals surface area contributed by atoms with Gasteiger partial charge in [-0.15, -0.1) is 0 Å². The highest BCUT2D eigenvalue weighted by atomic mass is 32.1. The molecular weight excluding hydrogens is 320 g/mol. The highest BCUT2D eigenvalue weighted by Gasteiger charge is 2.15. The molecule has 0 atom stereocenters. The lowest BCUT2D eigenvalue weighted by Crippen LogP contribution is -2.13. The lowest BCUT2D eigenvalue weighted by molar-refractivity contribution is -0.380. The fourth-order valence-corrected chi connectivity index (χ4v) is 2.82. The summed E-state index contributed by atoms with van der Waals surface area (Å²) < 4.78 is 5.19. The van der Waals surface area contributed by atoms with Crippen molar-refractivity contribution in [3.8, 4) is 5.75 Å². The zero-order chi connectivity index (χ0) is 16.4. The summed E-state index contributed by atoms with van der Waals surface area (Å²) >= 11 is 0.822. The van der Waals surface area contributed by atoms with E-state index in [4.69, 9.17) is 4.74 Å². The van der Waals surface area contributed by atoms with Crippen molar-refractivity contribution in [1.82, 2.24) is 9.97 Å². The van der Waals surface area contributed by atoms with Gasteiger partial charge in [0.15, 0.2) is 5.13 Å². The van der Waals surface area contributed by atoms with Crippen molar-refractivity contribution >= 4 is 38.3 Å². The third-order valence-corrected chi connectivity index (χ3v) is 4.11. The highest BCUT2D eigenvalue weighted by molar-refractivity contribution is 7.18. The van der Waals surface area contributed by atoms with Gasteiger partial charge in [-0.2, -0.15) is 0 Å². The lowest BCUT2D eigenvalue weighted by atomic mass is 10.1. The molecule has 0 saturated heterocycles. The van der Waals surface area contributed by atoms with Gasteiger partial charge >= 0.3 is 5.00 Å². The Morgan fingerprint density at radius 2 is 2.35 bits per heavy atom. The van der Waals surface area contributed by atoms with Crippen molar-refractivity contribution in [3.63, 3.8) is 0 Å². The number of hydrogen-bond acceptors (Lipinski definition) is 6. The Kier molecular flexibility index (Phi) is 3.94. The van der Waals surface area contributed by atoms with Gasteiger partial charge in [-0.3, -0.25) is 14.9 Å². The Morgan fingerprint density at radius 1 is 1.52 bits per heavy atom. The molecule has 1 amide bonds. The number of carbonyl (C=O) groups is 1. The first kappa shape index (κ1) is 15.0. The van der Waals surface area contributed by atoms with Gasteiger partial charge in [0.1, 0.15) is 11.9 Å². The number of benzene rings is 1. The standard InChI is InChI=1S/C14H12N4O4S/c1-22-9-2-3-11-10(5-9)8(6-15-11)4-12(19)17-14-16-7-13(23-14)18(20)21/h2-3,5-7,15H,4H2,1H3,(H,16,17,19). The van der Waals surface area contributed by atoms with Crippen molar-refractivity contribution in [2.75, 3.05) is 12.4 Å².